The molecule has 0 saturated heterocycles. The fourth-order valence-electron chi connectivity index (χ4n) is 5.36. The molecule has 0 aromatic heterocycles. The van der Waals surface area contributed by atoms with E-state index in [0.29, 0.717) is 18.5 Å². The first-order valence-corrected chi connectivity index (χ1v) is 18.5. The molecule has 3 aromatic carbocycles. The quantitative estimate of drug-likeness (QED) is 0.150. The molecule has 0 heterocycles. The SMILES string of the molecule is CC(C)C[C@H](NC(=O)c1cc(Cl)cc(N(C)S(=O)(=O)Cc2ccccc2)c1)[C@@H](O)C[C@@H](C)C(=O)N[C@H](C(=O)NCc1ccccc1)C(C)C. The lowest BCUT2D eigenvalue weighted by molar-refractivity contribution is -0.132. The lowest BCUT2D eigenvalue weighted by Gasteiger charge is -2.29. The first kappa shape index (κ1) is 39.5. The Morgan fingerprint density at radius 1 is 0.816 bits per heavy atom. The summed E-state index contributed by atoms with van der Waals surface area (Å²) in [5.41, 5.74) is 1.90. The average molecular weight is 713 g/mol. The molecule has 4 atom stereocenters. The van der Waals surface area contributed by atoms with Crippen molar-refractivity contribution in [3.63, 3.8) is 0 Å². The van der Waals surface area contributed by atoms with Crippen LogP contribution in [0.25, 0.3) is 0 Å². The number of carbonyl (C=O) groups is 3. The van der Waals surface area contributed by atoms with Gasteiger partial charge in [0.1, 0.15) is 6.04 Å². The summed E-state index contributed by atoms with van der Waals surface area (Å²) < 4.78 is 27.4. The van der Waals surface area contributed by atoms with Gasteiger partial charge in [0.05, 0.1) is 23.6 Å². The number of anilines is 1. The maximum atomic E-state index is 13.5. The van der Waals surface area contributed by atoms with Gasteiger partial charge in [-0.1, -0.05) is 107 Å². The summed E-state index contributed by atoms with van der Waals surface area (Å²) in [4.78, 5) is 39.7. The molecule has 4 N–H and O–H groups in total. The van der Waals surface area contributed by atoms with Crippen molar-refractivity contribution < 1.29 is 27.9 Å². The number of amides is 3. The Kier molecular flexibility index (Phi) is 14.7. The molecular weight excluding hydrogens is 664 g/mol. The highest BCUT2D eigenvalue weighted by Gasteiger charge is 2.30. The molecule has 3 aromatic rings. The van der Waals surface area contributed by atoms with Crippen LogP contribution in [0.5, 0.6) is 0 Å². The Morgan fingerprint density at radius 3 is 1.98 bits per heavy atom. The van der Waals surface area contributed by atoms with Crippen molar-refractivity contribution in [3.05, 3.63) is 101 Å². The summed E-state index contributed by atoms with van der Waals surface area (Å²) in [7, 11) is -2.39. The number of nitrogens with one attached hydrogen (secondary N) is 3. The number of hydrogen-bond donors (Lipinski definition) is 4. The third-order valence-corrected chi connectivity index (χ3v) is 10.2. The maximum absolute atomic E-state index is 13.5. The van der Waals surface area contributed by atoms with E-state index in [9.17, 15) is 27.9 Å². The molecule has 0 spiro atoms. The Hall–Kier alpha value is -3.93. The Labute approximate surface area is 295 Å². The van der Waals surface area contributed by atoms with Crippen LogP contribution in [0.2, 0.25) is 5.02 Å². The van der Waals surface area contributed by atoms with E-state index in [-0.39, 0.29) is 52.1 Å². The Balaban J connectivity index is 1.68. The third kappa shape index (κ3) is 12.2. The topological polar surface area (TPSA) is 145 Å². The van der Waals surface area contributed by atoms with Crippen molar-refractivity contribution >= 4 is 45.0 Å². The summed E-state index contributed by atoms with van der Waals surface area (Å²) >= 11 is 6.35. The molecule has 3 rings (SSSR count). The van der Waals surface area contributed by atoms with E-state index >= 15 is 0 Å². The number of halogens is 1. The first-order valence-electron chi connectivity index (χ1n) is 16.5. The van der Waals surface area contributed by atoms with E-state index in [4.69, 9.17) is 11.6 Å². The molecule has 266 valence electrons. The van der Waals surface area contributed by atoms with Crippen LogP contribution in [-0.4, -0.2) is 56.5 Å². The minimum Gasteiger partial charge on any atom is -0.391 e. The van der Waals surface area contributed by atoms with Crippen LogP contribution in [-0.2, 0) is 31.9 Å². The molecule has 10 nitrogen and oxygen atoms in total. The van der Waals surface area contributed by atoms with Gasteiger partial charge in [0, 0.05) is 30.1 Å². The largest absolute Gasteiger partial charge is 0.391 e. The van der Waals surface area contributed by atoms with E-state index < -0.39 is 40.0 Å². The zero-order valence-corrected chi connectivity index (χ0v) is 30.6. The Bertz CT molecular complexity index is 1650. The summed E-state index contributed by atoms with van der Waals surface area (Å²) in [5, 5.41) is 20.1. The Morgan fingerprint density at radius 2 is 1.41 bits per heavy atom. The number of rotatable bonds is 17. The monoisotopic (exact) mass is 712 g/mol. The van der Waals surface area contributed by atoms with Gasteiger partial charge in [-0.2, -0.15) is 0 Å². The summed E-state index contributed by atoms with van der Waals surface area (Å²) in [5.74, 6) is -2.24. The molecule has 49 heavy (non-hydrogen) atoms. The fraction of sp³-hybridized carbons (Fsp3) is 0.432. The van der Waals surface area contributed by atoms with Crippen LogP contribution >= 0.6 is 11.6 Å². The second kappa shape index (κ2) is 18.2. The van der Waals surface area contributed by atoms with E-state index in [1.807, 2.05) is 58.0 Å². The normalized spacial score (nSPS) is 14.1. The van der Waals surface area contributed by atoms with Crippen LogP contribution in [0.15, 0.2) is 78.9 Å². The minimum atomic E-state index is -3.80. The average Bonchev–Trinajstić information content (AvgIpc) is 3.05. The predicted molar refractivity (Wildman–Crippen MR) is 194 cm³/mol. The van der Waals surface area contributed by atoms with Gasteiger partial charge in [-0.15, -0.1) is 0 Å². The molecule has 0 fully saturated rings. The van der Waals surface area contributed by atoms with Gasteiger partial charge in [0.15, 0.2) is 0 Å². The molecule has 12 heteroatoms. The molecule has 0 saturated carbocycles. The van der Waals surface area contributed by atoms with Crippen molar-refractivity contribution in [1.29, 1.82) is 0 Å². The molecule has 0 aliphatic rings. The van der Waals surface area contributed by atoms with Crippen LogP contribution in [0.4, 0.5) is 5.69 Å². The summed E-state index contributed by atoms with van der Waals surface area (Å²) in [6, 6.07) is 21.1. The second-order valence-electron chi connectivity index (χ2n) is 13.3. The third-order valence-electron chi connectivity index (χ3n) is 8.22. The van der Waals surface area contributed by atoms with Gasteiger partial charge in [0.2, 0.25) is 21.8 Å². The highest BCUT2D eigenvalue weighted by molar-refractivity contribution is 7.92. The van der Waals surface area contributed by atoms with E-state index in [1.54, 1.807) is 37.3 Å². The van der Waals surface area contributed by atoms with E-state index in [1.165, 1.54) is 25.2 Å². The molecular formula is C37H49ClN4O6S. The van der Waals surface area contributed by atoms with Crippen LogP contribution in [0, 0.1) is 17.8 Å². The van der Waals surface area contributed by atoms with E-state index in [2.05, 4.69) is 16.0 Å². The van der Waals surface area contributed by atoms with Crippen LogP contribution in [0.3, 0.4) is 0 Å². The van der Waals surface area contributed by atoms with Gasteiger partial charge in [-0.25, -0.2) is 8.42 Å². The highest BCUT2D eigenvalue weighted by atomic mass is 35.5. The highest BCUT2D eigenvalue weighted by Crippen LogP contribution is 2.26. The first-order chi connectivity index (χ1) is 23.1. The molecule has 0 unspecified atom stereocenters. The number of hydrogen-bond acceptors (Lipinski definition) is 6. The maximum Gasteiger partial charge on any atom is 0.251 e. The second-order valence-corrected chi connectivity index (χ2v) is 15.7. The van der Waals surface area contributed by atoms with Gasteiger partial charge in [-0.3, -0.25) is 18.7 Å². The fourth-order valence-corrected chi connectivity index (χ4v) is 6.82. The number of aliphatic hydroxyl groups is 1. The van der Waals surface area contributed by atoms with Crippen molar-refractivity contribution in [3.8, 4) is 0 Å². The standard InChI is InChI=1S/C37H49ClN4O6S/c1-24(2)17-32(33(43)18-26(5)35(44)41-34(25(3)4)37(46)39-22-27-13-9-7-10-14-27)40-36(45)29-19-30(38)21-31(20-29)42(6)49(47,48)23-28-15-11-8-12-16-28/h7-16,19-21,24-26,32-34,43H,17-18,22-23H2,1-6H3,(H,39,46)(H,40,45)(H,41,44)/t26-,32+,33+,34+/m1/s1. The van der Waals surface area contributed by atoms with Gasteiger partial charge < -0.3 is 21.1 Å². The number of carbonyl (C=O) groups excluding carboxylic acids is 3. The summed E-state index contributed by atoms with van der Waals surface area (Å²) in [6.07, 6.45) is -0.651. The molecule has 3 amide bonds. The van der Waals surface area contributed by atoms with Crippen molar-refractivity contribution in [2.75, 3.05) is 11.4 Å². The zero-order chi connectivity index (χ0) is 36.3. The smallest absolute Gasteiger partial charge is 0.251 e. The van der Waals surface area contributed by atoms with Crippen molar-refractivity contribution in [2.45, 2.75) is 77.9 Å². The lowest BCUT2D eigenvalue weighted by atomic mass is 9.91. The molecule has 0 bridgehead atoms. The number of benzene rings is 3. The number of aliphatic hydroxyl groups excluding tert-OH is 1. The molecule has 0 aliphatic carbocycles. The zero-order valence-electron chi connectivity index (χ0n) is 29.0. The summed E-state index contributed by atoms with van der Waals surface area (Å²) in [6.45, 7) is 9.59. The number of nitrogens with zero attached hydrogens (tertiary/aromatic N) is 1. The van der Waals surface area contributed by atoms with Gasteiger partial charge in [0.25, 0.3) is 5.91 Å². The number of sulfonamides is 1. The van der Waals surface area contributed by atoms with Crippen LogP contribution < -0.4 is 20.3 Å². The van der Waals surface area contributed by atoms with Crippen LogP contribution in [0.1, 0.15) is 68.9 Å². The molecule has 0 radical (unpaired) electrons. The van der Waals surface area contributed by atoms with Crippen molar-refractivity contribution in [2.24, 2.45) is 17.8 Å². The van der Waals surface area contributed by atoms with Crippen molar-refractivity contribution in [1.82, 2.24) is 16.0 Å². The minimum absolute atomic E-state index is 0.0290. The van der Waals surface area contributed by atoms with Gasteiger partial charge in [-0.05, 0) is 54.0 Å². The van der Waals surface area contributed by atoms with E-state index in [0.717, 1.165) is 9.87 Å². The lowest BCUT2D eigenvalue weighted by Crippen LogP contribution is -2.51. The molecule has 0 aliphatic heterocycles. The van der Waals surface area contributed by atoms with Gasteiger partial charge >= 0.3 is 0 Å². The predicted octanol–water partition coefficient (Wildman–Crippen LogP) is 5.30.